The Morgan fingerprint density at radius 3 is 2.46 bits per heavy atom. The summed E-state index contributed by atoms with van der Waals surface area (Å²) in [5.74, 6) is 1.60. The first-order valence-electron chi connectivity index (χ1n) is 8.69. The maximum atomic E-state index is 5.76. The highest BCUT2D eigenvalue weighted by molar-refractivity contribution is 5.56. The van der Waals surface area contributed by atoms with Crippen molar-refractivity contribution in [2.45, 2.75) is 26.3 Å². The Balaban J connectivity index is 1.67. The van der Waals surface area contributed by atoms with E-state index in [2.05, 4.69) is 40.5 Å². The summed E-state index contributed by atoms with van der Waals surface area (Å²) >= 11 is 0. The molecule has 3 rings (SSSR count). The number of methoxy groups -OCH3 is 1. The number of benzene rings is 2. The van der Waals surface area contributed by atoms with Crippen LogP contribution in [-0.4, -0.2) is 26.8 Å². The topological polar surface area (TPSA) is 33.7 Å². The molecule has 0 radical (unpaired) electrons. The van der Waals surface area contributed by atoms with E-state index in [0.717, 1.165) is 22.7 Å². The summed E-state index contributed by atoms with van der Waals surface area (Å²) in [5.41, 5.74) is 3.53. The van der Waals surface area contributed by atoms with E-state index in [4.69, 9.17) is 9.47 Å². The summed E-state index contributed by atoms with van der Waals surface area (Å²) in [7, 11) is 1.67. The molecule has 4 heteroatoms. The van der Waals surface area contributed by atoms with E-state index in [9.17, 15) is 0 Å². The largest absolute Gasteiger partial charge is 0.493 e. The summed E-state index contributed by atoms with van der Waals surface area (Å²) < 4.78 is 11.2. The van der Waals surface area contributed by atoms with Gasteiger partial charge in [-0.25, -0.2) is 0 Å². The number of hydrogen-bond acceptors (Lipinski definition) is 4. The van der Waals surface area contributed by atoms with Crippen LogP contribution in [0.5, 0.6) is 11.5 Å². The van der Waals surface area contributed by atoms with Gasteiger partial charge in [0.2, 0.25) is 0 Å². The minimum absolute atomic E-state index is 0.623. The first-order valence-corrected chi connectivity index (χ1v) is 8.69. The van der Waals surface area contributed by atoms with Gasteiger partial charge >= 0.3 is 0 Å². The molecule has 128 valence electrons. The van der Waals surface area contributed by atoms with E-state index in [-0.39, 0.29) is 0 Å². The van der Waals surface area contributed by atoms with Gasteiger partial charge in [-0.3, -0.25) is 0 Å². The third kappa shape index (κ3) is 3.75. The van der Waals surface area contributed by atoms with E-state index in [1.165, 1.54) is 31.6 Å². The summed E-state index contributed by atoms with van der Waals surface area (Å²) in [6.07, 6.45) is 2.60. The van der Waals surface area contributed by atoms with Crippen molar-refractivity contribution in [3.8, 4) is 11.5 Å². The van der Waals surface area contributed by atoms with Gasteiger partial charge in [0, 0.05) is 36.6 Å². The molecule has 0 saturated carbocycles. The minimum atomic E-state index is 0.623. The first kappa shape index (κ1) is 16.5. The summed E-state index contributed by atoms with van der Waals surface area (Å²) in [4.78, 5) is 2.44. The molecule has 1 N–H and O–H groups in total. The van der Waals surface area contributed by atoms with E-state index < -0.39 is 0 Å². The fourth-order valence-electron chi connectivity index (χ4n) is 3.13. The van der Waals surface area contributed by atoms with Gasteiger partial charge in [-0.1, -0.05) is 12.1 Å². The quantitative estimate of drug-likeness (QED) is 0.822. The lowest BCUT2D eigenvalue weighted by atomic mass is 10.1. The Morgan fingerprint density at radius 2 is 1.79 bits per heavy atom. The van der Waals surface area contributed by atoms with Gasteiger partial charge in [-0.05, 0) is 50.1 Å². The molecule has 1 aliphatic rings. The highest BCUT2D eigenvalue weighted by Gasteiger charge is 2.12. The molecule has 1 fully saturated rings. The van der Waals surface area contributed by atoms with Crippen molar-refractivity contribution in [2.24, 2.45) is 0 Å². The van der Waals surface area contributed by atoms with Crippen LogP contribution in [0.2, 0.25) is 0 Å². The lowest BCUT2D eigenvalue weighted by molar-refractivity contribution is 0.308. The van der Waals surface area contributed by atoms with Gasteiger partial charge in [0.25, 0.3) is 0 Å². The zero-order valence-corrected chi connectivity index (χ0v) is 14.5. The molecule has 0 spiro atoms. The van der Waals surface area contributed by atoms with Gasteiger partial charge < -0.3 is 19.7 Å². The van der Waals surface area contributed by atoms with E-state index >= 15 is 0 Å². The van der Waals surface area contributed by atoms with Crippen LogP contribution in [0, 0.1) is 0 Å². The molecule has 2 aromatic carbocycles. The van der Waals surface area contributed by atoms with Crippen LogP contribution >= 0.6 is 0 Å². The van der Waals surface area contributed by atoms with Crippen LogP contribution < -0.4 is 19.7 Å². The second kappa shape index (κ2) is 7.95. The highest BCUT2D eigenvalue weighted by atomic mass is 16.5. The average Bonchev–Trinajstić information content (AvgIpc) is 3.16. The molecule has 0 aliphatic carbocycles. The van der Waals surface area contributed by atoms with E-state index in [0.29, 0.717) is 13.2 Å². The summed E-state index contributed by atoms with van der Waals surface area (Å²) in [6.45, 7) is 5.66. The second-order valence-corrected chi connectivity index (χ2v) is 5.98. The average molecular weight is 326 g/mol. The van der Waals surface area contributed by atoms with E-state index in [1.54, 1.807) is 7.11 Å². The predicted molar refractivity (Wildman–Crippen MR) is 99.4 cm³/mol. The van der Waals surface area contributed by atoms with Crippen molar-refractivity contribution in [2.75, 3.05) is 37.0 Å². The molecular weight excluding hydrogens is 300 g/mol. The van der Waals surface area contributed by atoms with Gasteiger partial charge in [0.05, 0.1) is 13.7 Å². The number of para-hydroxylation sites is 1. The van der Waals surface area contributed by atoms with Crippen molar-refractivity contribution in [1.29, 1.82) is 0 Å². The molecule has 2 aromatic rings. The van der Waals surface area contributed by atoms with Crippen molar-refractivity contribution in [3.05, 3.63) is 48.0 Å². The zero-order valence-electron chi connectivity index (χ0n) is 14.5. The molecule has 0 atom stereocenters. The second-order valence-electron chi connectivity index (χ2n) is 5.98. The van der Waals surface area contributed by atoms with Gasteiger partial charge in [0.1, 0.15) is 0 Å². The number of hydrogen-bond donors (Lipinski definition) is 1. The molecular formula is C20H26N2O2. The van der Waals surface area contributed by atoms with Crippen molar-refractivity contribution >= 4 is 11.4 Å². The van der Waals surface area contributed by atoms with Crippen molar-refractivity contribution in [3.63, 3.8) is 0 Å². The molecule has 1 aliphatic heterocycles. The number of nitrogens with one attached hydrogen (secondary N) is 1. The molecule has 24 heavy (non-hydrogen) atoms. The maximum Gasteiger partial charge on any atom is 0.166 e. The van der Waals surface area contributed by atoms with Crippen LogP contribution in [0.3, 0.4) is 0 Å². The third-order valence-corrected chi connectivity index (χ3v) is 4.39. The Hall–Kier alpha value is -2.36. The van der Waals surface area contributed by atoms with Crippen LogP contribution in [0.15, 0.2) is 42.5 Å². The van der Waals surface area contributed by atoms with Gasteiger partial charge in [-0.15, -0.1) is 0 Å². The Labute approximate surface area is 144 Å². The number of rotatable bonds is 7. The lowest BCUT2D eigenvalue weighted by Crippen LogP contribution is -2.17. The van der Waals surface area contributed by atoms with Crippen LogP contribution in [0.1, 0.15) is 25.3 Å². The van der Waals surface area contributed by atoms with Gasteiger partial charge in [0.15, 0.2) is 11.5 Å². The molecule has 0 amide bonds. The number of anilines is 2. The molecule has 0 unspecified atom stereocenters. The van der Waals surface area contributed by atoms with Crippen molar-refractivity contribution in [1.82, 2.24) is 0 Å². The summed E-state index contributed by atoms with van der Waals surface area (Å²) in [6, 6.07) is 14.7. The maximum absolute atomic E-state index is 5.76. The Kier molecular flexibility index (Phi) is 5.47. The monoisotopic (exact) mass is 326 g/mol. The van der Waals surface area contributed by atoms with Crippen LogP contribution in [-0.2, 0) is 6.54 Å². The fraction of sp³-hybridized carbons (Fsp3) is 0.400. The predicted octanol–water partition coefficient (Wildman–Crippen LogP) is 4.31. The normalized spacial score (nSPS) is 13.8. The van der Waals surface area contributed by atoms with Crippen molar-refractivity contribution < 1.29 is 9.47 Å². The van der Waals surface area contributed by atoms with Crippen LogP contribution in [0.25, 0.3) is 0 Å². The fourth-order valence-corrected chi connectivity index (χ4v) is 3.13. The zero-order chi connectivity index (χ0) is 16.8. The van der Waals surface area contributed by atoms with Gasteiger partial charge in [-0.2, -0.15) is 0 Å². The molecule has 0 bridgehead atoms. The first-order chi connectivity index (χ1) is 11.8. The SMILES string of the molecule is CCOc1c(CNc2ccc(N3CCCC3)cc2)cccc1OC. The summed E-state index contributed by atoms with van der Waals surface area (Å²) in [5, 5.41) is 3.47. The van der Waals surface area contributed by atoms with Crippen LogP contribution in [0.4, 0.5) is 11.4 Å². The minimum Gasteiger partial charge on any atom is -0.493 e. The lowest BCUT2D eigenvalue weighted by Gasteiger charge is -2.18. The molecule has 4 nitrogen and oxygen atoms in total. The molecule has 1 heterocycles. The Morgan fingerprint density at radius 1 is 1.04 bits per heavy atom. The number of ether oxygens (including phenoxy) is 2. The highest BCUT2D eigenvalue weighted by Crippen LogP contribution is 2.31. The standard InChI is InChI=1S/C20H26N2O2/c1-3-24-20-16(7-6-8-19(20)23-2)15-21-17-9-11-18(12-10-17)22-13-4-5-14-22/h6-12,21H,3-5,13-15H2,1-2H3. The Bertz CT molecular complexity index is 649. The molecule has 0 aromatic heterocycles. The smallest absolute Gasteiger partial charge is 0.166 e. The molecule has 1 saturated heterocycles. The third-order valence-electron chi connectivity index (χ3n) is 4.39. The van der Waals surface area contributed by atoms with E-state index in [1.807, 2.05) is 19.1 Å². The number of nitrogens with zero attached hydrogens (tertiary/aromatic N) is 1.